The van der Waals surface area contributed by atoms with Gasteiger partial charge in [-0.15, -0.1) is 0 Å². The largest absolute Gasteiger partial charge is 1.00 e. The molecule has 1 aliphatic rings. The fraction of sp³-hybridized carbons (Fsp3) is 0.471. The summed E-state index contributed by atoms with van der Waals surface area (Å²) < 4.78 is 3.23. The number of pyridine rings is 1. The molecule has 1 atom stereocenters. The van der Waals surface area contributed by atoms with Crippen molar-refractivity contribution < 1.29 is 29.5 Å². The minimum absolute atomic E-state index is 0. The van der Waals surface area contributed by atoms with Gasteiger partial charge >= 0.3 is 0 Å². The number of halogens is 2. The third-order valence-corrected chi connectivity index (χ3v) is 3.84. The average molecular weight is 329 g/mol. The number of quaternary nitrogens is 1. The zero-order valence-electron chi connectivity index (χ0n) is 12.8. The fourth-order valence-electron chi connectivity index (χ4n) is 2.69. The van der Waals surface area contributed by atoms with Gasteiger partial charge in [0, 0.05) is 18.6 Å². The topological polar surface area (TPSA) is 3.88 Å². The minimum atomic E-state index is 0. The van der Waals surface area contributed by atoms with Crippen molar-refractivity contribution in [3.63, 3.8) is 0 Å². The van der Waals surface area contributed by atoms with Crippen molar-refractivity contribution >= 4 is 0 Å². The van der Waals surface area contributed by atoms with E-state index in [1.165, 1.54) is 38.6 Å². The van der Waals surface area contributed by atoms with Gasteiger partial charge in [0.1, 0.15) is 6.54 Å². The molecule has 2 heterocycles. The average Bonchev–Trinajstić information content (AvgIpc) is 2.49. The Hall–Kier alpha value is -0.830. The van der Waals surface area contributed by atoms with Crippen molar-refractivity contribution in [1.29, 1.82) is 0 Å². The Morgan fingerprint density at radius 3 is 2.24 bits per heavy atom. The highest BCUT2D eigenvalue weighted by Gasteiger charge is 2.34. The molecular weight excluding hydrogens is 303 g/mol. The van der Waals surface area contributed by atoms with Crippen LogP contribution in [0, 0.1) is 0 Å². The number of hydrogen-bond donors (Lipinski definition) is 0. The first-order valence-electron chi connectivity index (χ1n) is 7.56. The van der Waals surface area contributed by atoms with Crippen molar-refractivity contribution in [2.45, 2.75) is 39.0 Å². The monoisotopic (exact) mass is 328 g/mol. The number of hydrogen-bond acceptors (Lipinski definition) is 0. The van der Waals surface area contributed by atoms with Gasteiger partial charge in [-0.2, -0.15) is 0 Å². The van der Waals surface area contributed by atoms with Gasteiger partial charge in [0.2, 0.25) is 12.4 Å². The van der Waals surface area contributed by atoms with Gasteiger partial charge in [-0.05, 0) is 29.3 Å². The van der Waals surface area contributed by atoms with E-state index in [-0.39, 0.29) is 24.8 Å². The lowest BCUT2D eigenvalue weighted by Crippen LogP contribution is -3.00. The van der Waals surface area contributed by atoms with E-state index in [0.29, 0.717) is 0 Å². The second-order valence-corrected chi connectivity index (χ2v) is 5.33. The summed E-state index contributed by atoms with van der Waals surface area (Å²) in [5, 5.41) is 0. The zero-order chi connectivity index (χ0) is 13.4. The van der Waals surface area contributed by atoms with Crippen molar-refractivity contribution in [2.75, 3.05) is 13.1 Å². The highest BCUT2D eigenvalue weighted by atomic mass is 35.5. The van der Waals surface area contributed by atoms with Gasteiger partial charge in [-0.1, -0.05) is 36.9 Å². The summed E-state index contributed by atoms with van der Waals surface area (Å²) in [6.45, 7) is 4.50. The number of aromatic nitrogens is 1. The molecule has 21 heavy (non-hydrogen) atoms. The SMILES string of the molecule is CCCCCCC[N+]1([n+]2ccccc2)C=CC=CC1.[Cl-].[Cl-]. The smallest absolute Gasteiger partial charge is 0.230 e. The molecule has 0 saturated heterocycles. The van der Waals surface area contributed by atoms with E-state index in [0.717, 1.165) is 11.1 Å². The number of allylic oxidation sites excluding steroid dienone is 2. The molecule has 0 fully saturated rings. The van der Waals surface area contributed by atoms with E-state index in [4.69, 9.17) is 0 Å². The summed E-state index contributed by atoms with van der Waals surface area (Å²) in [6, 6.07) is 6.31. The van der Waals surface area contributed by atoms with Gasteiger partial charge < -0.3 is 24.8 Å². The second-order valence-electron chi connectivity index (χ2n) is 5.33. The van der Waals surface area contributed by atoms with Crippen molar-refractivity contribution in [3.05, 3.63) is 55.0 Å². The van der Waals surface area contributed by atoms with Crippen LogP contribution in [0.3, 0.4) is 0 Å². The zero-order valence-corrected chi connectivity index (χ0v) is 14.3. The van der Waals surface area contributed by atoms with E-state index in [1.807, 2.05) is 0 Å². The Bertz CT molecular complexity index is 432. The van der Waals surface area contributed by atoms with Crippen LogP contribution in [-0.2, 0) is 0 Å². The second kappa shape index (κ2) is 10.8. The normalized spacial score (nSPS) is 19.7. The summed E-state index contributed by atoms with van der Waals surface area (Å²) in [7, 11) is 0. The molecule has 0 radical (unpaired) electrons. The highest BCUT2D eigenvalue weighted by molar-refractivity contribution is 5.12. The molecule has 0 aromatic carbocycles. The summed E-state index contributed by atoms with van der Waals surface area (Å²) in [5.41, 5.74) is 0. The Morgan fingerprint density at radius 2 is 1.62 bits per heavy atom. The first-order valence-corrected chi connectivity index (χ1v) is 7.56. The number of nitrogens with zero attached hydrogens (tertiary/aromatic N) is 2. The first kappa shape index (κ1) is 20.2. The molecule has 1 unspecified atom stereocenters. The predicted octanol–water partition coefficient (Wildman–Crippen LogP) is -2.53. The minimum Gasteiger partial charge on any atom is -1.00 e. The molecule has 0 saturated carbocycles. The maximum atomic E-state index is 2.32. The van der Waals surface area contributed by atoms with Crippen molar-refractivity contribution in [3.8, 4) is 0 Å². The molecule has 0 aliphatic carbocycles. The van der Waals surface area contributed by atoms with E-state index >= 15 is 0 Å². The van der Waals surface area contributed by atoms with Crippen LogP contribution in [0.15, 0.2) is 55.0 Å². The van der Waals surface area contributed by atoms with Crippen LogP contribution in [0.4, 0.5) is 0 Å². The van der Waals surface area contributed by atoms with Crippen LogP contribution in [0.2, 0.25) is 0 Å². The fourth-order valence-corrected chi connectivity index (χ4v) is 2.69. The molecule has 1 aromatic heterocycles. The molecule has 0 bridgehead atoms. The van der Waals surface area contributed by atoms with Crippen LogP contribution in [0.1, 0.15) is 39.0 Å². The maximum absolute atomic E-state index is 2.32. The third kappa shape index (κ3) is 5.82. The standard InChI is InChI=1S/C17H26N2.2ClH/c1-2-3-4-5-10-15-19(16-11-7-12-17-19)18-13-8-6-9-14-18;;/h6-9,11-14,16H,2-5,10,15,17H2,1H3;2*1H/q+2;;/p-2. The Labute approximate surface area is 141 Å². The van der Waals surface area contributed by atoms with Crippen molar-refractivity contribution in [2.24, 2.45) is 0 Å². The van der Waals surface area contributed by atoms with Crippen LogP contribution in [0.25, 0.3) is 0 Å². The molecule has 0 amide bonds. The van der Waals surface area contributed by atoms with Gasteiger partial charge in [0.05, 0.1) is 0 Å². The molecule has 4 heteroatoms. The molecule has 0 spiro atoms. The molecule has 118 valence electrons. The van der Waals surface area contributed by atoms with Gasteiger partial charge in [-0.25, -0.2) is 0 Å². The van der Waals surface area contributed by atoms with Gasteiger partial charge in [0.15, 0.2) is 12.7 Å². The lowest BCUT2D eigenvalue weighted by Gasteiger charge is -2.27. The summed E-state index contributed by atoms with van der Waals surface area (Å²) in [5.74, 6) is 0. The molecular formula is C17H26Cl2N2. The molecule has 2 rings (SSSR count). The summed E-state index contributed by atoms with van der Waals surface area (Å²) in [6.07, 6.45) is 20.0. The number of rotatable bonds is 7. The quantitative estimate of drug-likeness (QED) is 0.295. The van der Waals surface area contributed by atoms with Crippen LogP contribution in [0.5, 0.6) is 0 Å². The molecule has 1 aromatic rings. The Balaban J connectivity index is 0.00000200. The molecule has 1 aliphatic heterocycles. The van der Waals surface area contributed by atoms with Crippen LogP contribution >= 0.6 is 0 Å². The maximum Gasteiger partial charge on any atom is 0.230 e. The van der Waals surface area contributed by atoms with Gasteiger partial charge in [-0.3, -0.25) is 0 Å². The Morgan fingerprint density at radius 1 is 0.905 bits per heavy atom. The number of unbranched alkanes of at least 4 members (excludes halogenated alkanes) is 4. The van der Waals surface area contributed by atoms with Gasteiger partial charge in [0.25, 0.3) is 0 Å². The van der Waals surface area contributed by atoms with E-state index < -0.39 is 0 Å². The summed E-state index contributed by atoms with van der Waals surface area (Å²) >= 11 is 0. The highest BCUT2D eigenvalue weighted by Crippen LogP contribution is 2.10. The molecule has 2 nitrogen and oxygen atoms in total. The predicted molar refractivity (Wildman–Crippen MR) is 80.9 cm³/mol. The Kier molecular flexibility index (Phi) is 10.4. The van der Waals surface area contributed by atoms with Crippen LogP contribution in [-0.4, -0.2) is 13.1 Å². The molecule has 0 N–H and O–H groups in total. The van der Waals surface area contributed by atoms with E-state index in [1.54, 1.807) is 0 Å². The van der Waals surface area contributed by atoms with Crippen molar-refractivity contribution in [1.82, 2.24) is 4.59 Å². The first-order chi connectivity index (χ1) is 9.37. The lowest BCUT2D eigenvalue weighted by atomic mass is 10.1. The van der Waals surface area contributed by atoms with Crippen LogP contribution < -0.4 is 34.1 Å². The third-order valence-electron chi connectivity index (χ3n) is 3.84. The summed E-state index contributed by atoms with van der Waals surface area (Å²) in [4.78, 5) is 0. The van der Waals surface area contributed by atoms with E-state index in [9.17, 15) is 0 Å². The van der Waals surface area contributed by atoms with E-state index in [2.05, 4.69) is 66.6 Å². The lowest BCUT2D eigenvalue weighted by molar-refractivity contribution is -0.811.